The summed E-state index contributed by atoms with van der Waals surface area (Å²) in [7, 11) is 1.84. The Balaban J connectivity index is 1.72. The number of aromatic nitrogens is 1. The first-order chi connectivity index (χ1) is 11.5. The van der Waals surface area contributed by atoms with Gasteiger partial charge in [-0.1, -0.05) is 11.6 Å². The number of hydrogen-bond donors (Lipinski definition) is 1. The third-order valence-electron chi connectivity index (χ3n) is 4.78. The molecule has 4 nitrogen and oxygen atoms in total. The highest BCUT2D eigenvalue weighted by Crippen LogP contribution is 2.46. The summed E-state index contributed by atoms with van der Waals surface area (Å²) in [5, 5.41) is 2.72. The lowest BCUT2D eigenvalue weighted by Crippen LogP contribution is -2.18. The maximum Gasteiger partial charge on any atom is 0.272 e. The van der Waals surface area contributed by atoms with Crippen LogP contribution in [0.4, 0.5) is 10.1 Å². The van der Waals surface area contributed by atoms with Crippen LogP contribution in [0, 0.1) is 5.82 Å². The van der Waals surface area contributed by atoms with Gasteiger partial charge in [0.2, 0.25) is 0 Å². The summed E-state index contributed by atoms with van der Waals surface area (Å²) in [6, 6.07) is 4.06. The zero-order valence-electron chi connectivity index (χ0n) is 13.2. The van der Waals surface area contributed by atoms with Crippen molar-refractivity contribution in [3.63, 3.8) is 0 Å². The van der Waals surface area contributed by atoms with Gasteiger partial charge in [-0.2, -0.15) is 0 Å². The second-order valence-corrected chi connectivity index (χ2v) is 6.83. The molecular formula is C18H16ClFN2O2. The normalized spacial score (nSPS) is 16.4. The van der Waals surface area contributed by atoms with Gasteiger partial charge in [-0.25, -0.2) is 4.39 Å². The van der Waals surface area contributed by atoms with Crippen molar-refractivity contribution in [3.8, 4) is 0 Å². The lowest BCUT2D eigenvalue weighted by molar-refractivity contribution is 0.0988. The van der Waals surface area contributed by atoms with Gasteiger partial charge in [0.25, 0.3) is 5.91 Å². The minimum absolute atomic E-state index is 0.0428. The summed E-state index contributed by atoms with van der Waals surface area (Å²) in [6.07, 6.45) is 3.19. The molecule has 24 heavy (non-hydrogen) atoms. The Kier molecular flexibility index (Phi) is 3.49. The number of benzene rings is 1. The standard InChI is InChI=1S/C18H16ClFN2O2/c1-22-16(9-2-3-9)15-11(5-7-14(15)23)17(22)18(24)21-10-4-6-13(20)12(19)8-10/h4,6,8-9H,2-3,5,7H2,1H3,(H,21,24). The molecule has 0 bridgehead atoms. The highest BCUT2D eigenvalue weighted by atomic mass is 35.5. The van der Waals surface area contributed by atoms with Gasteiger partial charge in [-0.05, 0) is 48.9 Å². The van der Waals surface area contributed by atoms with E-state index in [-0.39, 0.29) is 16.7 Å². The molecule has 0 spiro atoms. The van der Waals surface area contributed by atoms with Gasteiger partial charge in [-0.15, -0.1) is 0 Å². The third kappa shape index (κ3) is 2.35. The van der Waals surface area contributed by atoms with Crippen molar-refractivity contribution in [1.29, 1.82) is 0 Å². The van der Waals surface area contributed by atoms with Gasteiger partial charge in [0, 0.05) is 30.4 Å². The Morgan fingerprint density at radius 1 is 1.33 bits per heavy atom. The van der Waals surface area contributed by atoms with Crippen LogP contribution in [0.1, 0.15) is 57.3 Å². The van der Waals surface area contributed by atoms with Crippen molar-refractivity contribution in [2.45, 2.75) is 31.6 Å². The first-order valence-electron chi connectivity index (χ1n) is 7.98. The van der Waals surface area contributed by atoms with Gasteiger partial charge >= 0.3 is 0 Å². The summed E-state index contributed by atoms with van der Waals surface area (Å²) in [6.45, 7) is 0. The maximum absolute atomic E-state index is 13.3. The minimum Gasteiger partial charge on any atom is -0.342 e. The third-order valence-corrected chi connectivity index (χ3v) is 5.07. The van der Waals surface area contributed by atoms with Crippen molar-refractivity contribution in [2.24, 2.45) is 7.05 Å². The zero-order chi connectivity index (χ0) is 17.0. The molecule has 1 N–H and O–H groups in total. The van der Waals surface area contributed by atoms with E-state index in [9.17, 15) is 14.0 Å². The molecule has 1 aromatic heterocycles. The monoisotopic (exact) mass is 346 g/mol. The number of Topliss-reactive ketones (excluding diaryl/α,β-unsaturated/α-hetero) is 1. The smallest absolute Gasteiger partial charge is 0.272 e. The van der Waals surface area contributed by atoms with E-state index in [4.69, 9.17) is 11.6 Å². The highest BCUT2D eigenvalue weighted by Gasteiger charge is 2.39. The second-order valence-electron chi connectivity index (χ2n) is 6.43. The van der Waals surface area contributed by atoms with Crippen LogP contribution in [0.3, 0.4) is 0 Å². The first kappa shape index (κ1) is 15.4. The van der Waals surface area contributed by atoms with E-state index in [1.807, 2.05) is 11.6 Å². The van der Waals surface area contributed by atoms with Gasteiger partial charge < -0.3 is 9.88 Å². The van der Waals surface area contributed by atoms with Crippen molar-refractivity contribution in [1.82, 2.24) is 4.57 Å². The molecule has 6 heteroatoms. The van der Waals surface area contributed by atoms with Gasteiger partial charge in [-0.3, -0.25) is 9.59 Å². The number of hydrogen-bond acceptors (Lipinski definition) is 2. The number of nitrogens with one attached hydrogen (secondary N) is 1. The van der Waals surface area contributed by atoms with Crippen LogP contribution in [0.2, 0.25) is 5.02 Å². The molecule has 124 valence electrons. The Labute approximate surface area is 143 Å². The summed E-state index contributed by atoms with van der Waals surface area (Å²) in [5.41, 5.74) is 3.55. The molecule has 4 rings (SSSR count). The van der Waals surface area contributed by atoms with Crippen LogP contribution in [-0.2, 0) is 13.5 Å². The summed E-state index contributed by atoms with van der Waals surface area (Å²) < 4.78 is 15.1. The van der Waals surface area contributed by atoms with Crippen LogP contribution in [0.5, 0.6) is 0 Å². The van der Waals surface area contributed by atoms with E-state index in [1.165, 1.54) is 18.2 Å². The predicted molar refractivity (Wildman–Crippen MR) is 89.4 cm³/mol. The number of carbonyl (C=O) groups is 2. The molecule has 1 heterocycles. The number of fused-ring (bicyclic) bond motifs is 1. The molecule has 0 saturated heterocycles. The molecule has 0 atom stereocenters. The molecule has 0 unspecified atom stereocenters. The van der Waals surface area contributed by atoms with Crippen molar-refractivity contribution < 1.29 is 14.0 Å². The Morgan fingerprint density at radius 2 is 2.08 bits per heavy atom. The highest BCUT2D eigenvalue weighted by molar-refractivity contribution is 6.31. The average molecular weight is 347 g/mol. The number of halogens is 2. The van der Waals surface area contributed by atoms with Crippen molar-refractivity contribution >= 4 is 29.0 Å². The van der Waals surface area contributed by atoms with Gasteiger partial charge in [0.15, 0.2) is 5.78 Å². The number of carbonyl (C=O) groups excluding carboxylic acids is 2. The second kappa shape index (κ2) is 5.45. The average Bonchev–Trinajstić information content (AvgIpc) is 3.24. The van der Waals surface area contributed by atoms with Crippen LogP contribution in [0.15, 0.2) is 18.2 Å². The topological polar surface area (TPSA) is 51.1 Å². The Morgan fingerprint density at radius 3 is 2.75 bits per heavy atom. The number of rotatable bonds is 3. The van der Waals surface area contributed by atoms with E-state index in [0.717, 1.165) is 29.7 Å². The van der Waals surface area contributed by atoms with Crippen LogP contribution in [-0.4, -0.2) is 16.3 Å². The lowest BCUT2D eigenvalue weighted by Gasteiger charge is -2.10. The zero-order valence-corrected chi connectivity index (χ0v) is 13.9. The number of anilines is 1. The quantitative estimate of drug-likeness (QED) is 0.910. The SMILES string of the molecule is Cn1c(C(=O)Nc2ccc(F)c(Cl)c2)c2c(c1C1CC1)C(=O)CC2. The lowest BCUT2D eigenvalue weighted by atomic mass is 10.1. The van der Waals surface area contributed by atoms with Gasteiger partial charge in [0.1, 0.15) is 11.5 Å². The van der Waals surface area contributed by atoms with Crippen LogP contribution < -0.4 is 5.32 Å². The molecule has 0 aliphatic heterocycles. The Hall–Kier alpha value is -2.14. The Bertz CT molecular complexity index is 884. The summed E-state index contributed by atoms with van der Waals surface area (Å²) in [5.74, 6) is -0.312. The fourth-order valence-electron chi connectivity index (χ4n) is 3.57. The van der Waals surface area contributed by atoms with E-state index in [0.29, 0.717) is 30.1 Å². The van der Waals surface area contributed by atoms with E-state index < -0.39 is 5.82 Å². The molecule has 2 aromatic rings. The number of ketones is 1. The van der Waals surface area contributed by atoms with E-state index in [1.54, 1.807) is 0 Å². The summed E-state index contributed by atoms with van der Waals surface area (Å²) >= 11 is 5.77. The van der Waals surface area contributed by atoms with Crippen molar-refractivity contribution in [3.05, 3.63) is 51.6 Å². The molecule has 2 aliphatic carbocycles. The van der Waals surface area contributed by atoms with Gasteiger partial charge in [0.05, 0.1) is 5.02 Å². The van der Waals surface area contributed by atoms with Crippen LogP contribution in [0.25, 0.3) is 0 Å². The molecule has 1 fully saturated rings. The van der Waals surface area contributed by atoms with E-state index >= 15 is 0 Å². The van der Waals surface area contributed by atoms with Crippen LogP contribution >= 0.6 is 11.6 Å². The molecule has 1 aromatic carbocycles. The number of amides is 1. The number of nitrogens with zero attached hydrogens (tertiary/aromatic N) is 1. The molecule has 1 amide bonds. The first-order valence-corrected chi connectivity index (χ1v) is 8.36. The fraction of sp³-hybridized carbons (Fsp3) is 0.333. The van der Waals surface area contributed by atoms with Crippen molar-refractivity contribution in [2.75, 3.05) is 5.32 Å². The summed E-state index contributed by atoms with van der Waals surface area (Å²) in [4.78, 5) is 25.0. The molecular weight excluding hydrogens is 331 g/mol. The fourth-order valence-corrected chi connectivity index (χ4v) is 3.75. The molecule has 0 radical (unpaired) electrons. The minimum atomic E-state index is -0.531. The molecule has 2 aliphatic rings. The predicted octanol–water partition coefficient (Wildman–Crippen LogP) is 4.08. The van der Waals surface area contributed by atoms with E-state index in [2.05, 4.69) is 5.32 Å². The largest absolute Gasteiger partial charge is 0.342 e. The molecule has 1 saturated carbocycles. The maximum atomic E-state index is 13.3.